The molecule has 2 aliphatic rings. The summed E-state index contributed by atoms with van der Waals surface area (Å²) in [5, 5.41) is 0. The molecule has 4 unspecified atom stereocenters. The molecule has 0 aromatic rings. The minimum absolute atomic E-state index is 0.0739. The summed E-state index contributed by atoms with van der Waals surface area (Å²) in [6.45, 7) is 34.0. The van der Waals surface area contributed by atoms with Crippen molar-refractivity contribution >= 4 is 12.1 Å². The molecule has 5 nitrogen and oxygen atoms in total. The minimum Gasteiger partial charge on any atom is -0.356 e. The average Bonchev–Trinajstić information content (AvgIpc) is 3.19. The van der Waals surface area contributed by atoms with Crippen LogP contribution in [-0.2, 0) is 19.1 Å². The van der Waals surface area contributed by atoms with Crippen LogP contribution in [0.2, 0.25) is 0 Å². The lowest BCUT2D eigenvalue weighted by molar-refractivity contribution is -0.130. The summed E-state index contributed by atoms with van der Waals surface area (Å²) in [5.41, 5.74) is 2.34. The Morgan fingerprint density at radius 2 is 1.31 bits per heavy atom. The van der Waals surface area contributed by atoms with Gasteiger partial charge in [0.05, 0.1) is 6.61 Å². The van der Waals surface area contributed by atoms with Crippen LogP contribution < -0.4 is 0 Å². The van der Waals surface area contributed by atoms with E-state index in [1.54, 1.807) is 13.2 Å². The van der Waals surface area contributed by atoms with Crippen molar-refractivity contribution in [2.45, 2.75) is 180 Å². The van der Waals surface area contributed by atoms with Gasteiger partial charge in [0.2, 0.25) is 0 Å². The molecule has 0 aromatic heterocycles. The standard InChI is InChI=1S/C27H44O4.C10H21N.4C2H6.2C2H2/c1-7-27(30-6)31-19-25-12-10-20(2)8-9-21(3)16-24(14-15-28)18-23(5)26(29)13-11-22(4)17-25;1-8-5-9(2)7-10(6-8)11(3)4;6*1-2/h11,13,15,17,21,23-25,27H,2,7-10,12,14,16,18-19H2,1,3-6H3;8-10H,5-7H2,1-4H3;4*1-2H3;2*1-2H/b13-11+,22-17+;;;;;;;/t21-,23+,24+,25?,27?;;;;;;;/m0......./s1. The summed E-state index contributed by atoms with van der Waals surface area (Å²) in [6.07, 6.45) is 34.0. The Kier molecular flexibility index (Phi) is 54.9. The zero-order chi connectivity index (χ0) is 43.7. The SMILES string of the molecule is C#C.C#C.C=C1CCC(COC(CC)OC)/C=C(C)/C=C/C(=O)[C@H](C)C[C@H](CC=O)C[C@@H](C)CC1.CC.CC.CC.CC.CC1CC(C)CC(N(C)C)C1. The van der Waals surface area contributed by atoms with E-state index >= 15 is 0 Å². The number of hydrogen-bond acceptors (Lipinski definition) is 5. The third kappa shape index (κ3) is 36.5. The number of ketones is 1. The molecule has 5 heteroatoms. The largest absolute Gasteiger partial charge is 0.356 e. The molecule has 2 rings (SSSR count). The van der Waals surface area contributed by atoms with Gasteiger partial charge >= 0.3 is 0 Å². The number of terminal acetylenes is 2. The number of rotatable bonds is 8. The summed E-state index contributed by atoms with van der Waals surface area (Å²) in [7, 11) is 6.08. The Balaban J connectivity index is -0.000000206. The van der Waals surface area contributed by atoms with Crippen LogP contribution in [0.4, 0.5) is 0 Å². The molecular weight excluding hydrogens is 667 g/mol. The van der Waals surface area contributed by atoms with Gasteiger partial charge in [-0.25, -0.2) is 0 Å². The lowest BCUT2D eigenvalue weighted by Gasteiger charge is -2.35. The van der Waals surface area contributed by atoms with E-state index < -0.39 is 0 Å². The van der Waals surface area contributed by atoms with E-state index in [-0.39, 0.29) is 29.8 Å². The summed E-state index contributed by atoms with van der Waals surface area (Å²) in [6, 6.07) is 0.841. The molecule has 0 heterocycles. The first-order valence-corrected chi connectivity index (χ1v) is 21.4. The van der Waals surface area contributed by atoms with Gasteiger partial charge in [0.1, 0.15) is 6.29 Å². The maximum atomic E-state index is 12.6. The Labute approximate surface area is 340 Å². The summed E-state index contributed by atoms with van der Waals surface area (Å²) >= 11 is 0. The Bertz CT molecular complexity index is 910. The van der Waals surface area contributed by atoms with Crippen LogP contribution in [0, 0.1) is 61.2 Å². The van der Waals surface area contributed by atoms with Crippen LogP contribution in [0.15, 0.2) is 36.0 Å². The van der Waals surface area contributed by atoms with E-state index in [0.717, 1.165) is 74.7 Å². The molecule has 0 N–H and O–H groups in total. The van der Waals surface area contributed by atoms with Gasteiger partial charge in [-0.05, 0) is 115 Å². The van der Waals surface area contributed by atoms with Gasteiger partial charge in [0.15, 0.2) is 12.1 Å². The molecule has 0 radical (unpaired) electrons. The predicted molar refractivity (Wildman–Crippen MR) is 243 cm³/mol. The van der Waals surface area contributed by atoms with Crippen molar-refractivity contribution in [3.8, 4) is 25.7 Å². The maximum absolute atomic E-state index is 12.6. The van der Waals surface area contributed by atoms with Crippen molar-refractivity contribution in [3.05, 3.63) is 36.0 Å². The normalized spacial score (nSPS) is 26.3. The van der Waals surface area contributed by atoms with Crippen LogP contribution in [-0.4, -0.2) is 57.1 Å². The fourth-order valence-corrected chi connectivity index (χ4v) is 6.62. The third-order valence-electron chi connectivity index (χ3n) is 9.18. The first kappa shape index (κ1) is 63.5. The second-order valence-electron chi connectivity index (χ2n) is 13.9. The van der Waals surface area contributed by atoms with Crippen molar-refractivity contribution in [1.82, 2.24) is 4.90 Å². The average molecular weight is 760 g/mol. The third-order valence-corrected chi connectivity index (χ3v) is 9.18. The van der Waals surface area contributed by atoms with Gasteiger partial charge in [0, 0.05) is 31.4 Å². The van der Waals surface area contributed by atoms with E-state index in [1.807, 2.05) is 82.2 Å². The zero-order valence-corrected chi connectivity index (χ0v) is 39.0. The van der Waals surface area contributed by atoms with E-state index in [9.17, 15) is 9.59 Å². The number of nitrogens with zero attached hydrogens (tertiary/aromatic N) is 1. The van der Waals surface area contributed by atoms with Crippen molar-refractivity contribution < 1.29 is 19.1 Å². The van der Waals surface area contributed by atoms with Gasteiger partial charge in [0.25, 0.3) is 0 Å². The molecule has 54 heavy (non-hydrogen) atoms. The monoisotopic (exact) mass is 760 g/mol. The fraction of sp³-hybridized carbons (Fsp3) is 0.755. The molecule has 0 saturated heterocycles. The molecular formula is C49H93NO4. The molecule has 7 atom stereocenters. The quantitative estimate of drug-likeness (QED) is 0.107. The minimum atomic E-state index is -0.185. The first-order valence-electron chi connectivity index (χ1n) is 21.4. The number of methoxy groups -OCH3 is 1. The Morgan fingerprint density at radius 3 is 1.76 bits per heavy atom. The van der Waals surface area contributed by atoms with Crippen LogP contribution in [0.3, 0.4) is 0 Å². The van der Waals surface area contributed by atoms with E-state index in [2.05, 4.69) is 78.1 Å². The summed E-state index contributed by atoms with van der Waals surface area (Å²) in [5.74, 6) is 2.97. The van der Waals surface area contributed by atoms with Gasteiger partial charge in [-0.3, -0.25) is 4.79 Å². The Morgan fingerprint density at radius 1 is 0.815 bits per heavy atom. The number of aldehydes is 1. The van der Waals surface area contributed by atoms with Crippen LogP contribution in [0.25, 0.3) is 0 Å². The molecule has 318 valence electrons. The highest BCUT2D eigenvalue weighted by Gasteiger charge is 2.25. The van der Waals surface area contributed by atoms with Crippen LogP contribution in [0.1, 0.15) is 168 Å². The smallest absolute Gasteiger partial charge is 0.158 e. The number of carbonyl (C=O) groups excluding carboxylic acids is 2. The molecule has 0 spiro atoms. The van der Waals surface area contributed by atoms with E-state index in [0.29, 0.717) is 18.9 Å². The topological polar surface area (TPSA) is 55.8 Å². The molecule has 0 amide bonds. The maximum Gasteiger partial charge on any atom is 0.158 e. The highest BCUT2D eigenvalue weighted by atomic mass is 16.7. The van der Waals surface area contributed by atoms with Gasteiger partial charge in [-0.2, -0.15) is 0 Å². The molecule has 0 aliphatic heterocycles. The molecule has 0 aromatic carbocycles. The lowest BCUT2D eigenvalue weighted by Crippen LogP contribution is -2.35. The van der Waals surface area contributed by atoms with Gasteiger partial charge < -0.3 is 19.2 Å². The molecule has 1 fully saturated rings. The first-order chi connectivity index (χ1) is 25.9. The van der Waals surface area contributed by atoms with Crippen molar-refractivity contribution in [2.24, 2.45) is 35.5 Å². The second-order valence-corrected chi connectivity index (χ2v) is 13.9. The highest BCUT2D eigenvalue weighted by Crippen LogP contribution is 2.31. The van der Waals surface area contributed by atoms with Crippen LogP contribution >= 0.6 is 0 Å². The number of carbonyl (C=O) groups is 2. The highest BCUT2D eigenvalue weighted by molar-refractivity contribution is 5.91. The van der Waals surface area contributed by atoms with Crippen LogP contribution in [0.5, 0.6) is 0 Å². The second kappa shape index (κ2) is 46.7. The number of ether oxygens (including phenoxy) is 2. The molecule has 2 aliphatic carbocycles. The van der Waals surface area contributed by atoms with Crippen molar-refractivity contribution in [1.29, 1.82) is 0 Å². The van der Waals surface area contributed by atoms with Crippen molar-refractivity contribution in [3.63, 3.8) is 0 Å². The van der Waals surface area contributed by atoms with Gasteiger partial charge in [-0.15, -0.1) is 25.7 Å². The number of allylic oxidation sites excluding steroid dienone is 4. The predicted octanol–water partition coefficient (Wildman–Crippen LogP) is 13.4. The Hall–Kier alpha value is -2.44. The lowest BCUT2D eigenvalue weighted by atomic mass is 9.80. The molecule has 0 bridgehead atoms. The molecule has 1 saturated carbocycles. The summed E-state index contributed by atoms with van der Waals surface area (Å²) < 4.78 is 11.3. The fourth-order valence-electron chi connectivity index (χ4n) is 6.62. The number of hydrogen-bond donors (Lipinski definition) is 0. The van der Waals surface area contributed by atoms with Gasteiger partial charge in [-0.1, -0.05) is 120 Å². The summed E-state index contributed by atoms with van der Waals surface area (Å²) in [4.78, 5) is 26.2. The zero-order valence-electron chi connectivity index (χ0n) is 39.0. The van der Waals surface area contributed by atoms with E-state index in [1.165, 1.54) is 24.8 Å². The van der Waals surface area contributed by atoms with E-state index in [4.69, 9.17) is 9.47 Å². The van der Waals surface area contributed by atoms with Crippen molar-refractivity contribution in [2.75, 3.05) is 27.8 Å².